The van der Waals surface area contributed by atoms with E-state index < -0.39 is 0 Å². The van der Waals surface area contributed by atoms with Gasteiger partial charge in [-0.05, 0) is 56.5 Å². The Kier molecular flexibility index (Phi) is 5.77. The van der Waals surface area contributed by atoms with E-state index in [0.717, 1.165) is 17.7 Å². The molecule has 1 aromatic carbocycles. The van der Waals surface area contributed by atoms with E-state index in [0.29, 0.717) is 18.5 Å². The number of benzene rings is 1. The fraction of sp³-hybridized carbons (Fsp3) is 0.650. The Hall–Kier alpha value is -1.55. The van der Waals surface area contributed by atoms with E-state index in [2.05, 4.69) is 4.90 Å². The van der Waals surface area contributed by atoms with Crippen molar-refractivity contribution in [2.75, 3.05) is 27.2 Å². The zero-order chi connectivity index (χ0) is 16.9. The van der Waals surface area contributed by atoms with Crippen LogP contribution >= 0.6 is 0 Å². The van der Waals surface area contributed by atoms with Gasteiger partial charge in [0.2, 0.25) is 5.91 Å². The molecule has 0 aromatic heterocycles. The Balaban J connectivity index is 1.66. The Morgan fingerprint density at radius 2 is 1.96 bits per heavy atom. The van der Waals surface area contributed by atoms with Crippen LogP contribution in [-0.2, 0) is 11.2 Å². The second kappa shape index (κ2) is 8.02. The van der Waals surface area contributed by atoms with Crippen molar-refractivity contribution < 1.29 is 9.53 Å². The van der Waals surface area contributed by atoms with Crippen molar-refractivity contribution in [2.24, 2.45) is 0 Å². The molecule has 132 valence electrons. The van der Waals surface area contributed by atoms with Crippen molar-refractivity contribution in [1.82, 2.24) is 9.80 Å². The van der Waals surface area contributed by atoms with Crippen molar-refractivity contribution in [3.8, 4) is 5.75 Å². The van der Waals surface area contributed by atoms with E-state index >= 15 is 0 Å². The number of hydrogen-bond donors (Lipinski definition) is 0. The zero-order valence-corrected chi connectivity index (χ0v) is 15.0. The van der Waals surface area contributed by atoms with Crippen LogP contribution in [0.2, 0.25) is 0 Å². The van der Waals surface area contributed by atoms with E-state index in [1.54, 1.807) is 7.11 Å². The SMILES string of the molecule is COc1cccc(CC(=O)N(C)[C@@H]2CCCC[C@@H]2N2CCCC2)c1. The Labute approximate surface area is 145 Å². The summed E-state index contributed by atoms with van der Waals surface area (Å²) in [5.74, 6) is 1.04. The van der Waals surface area contributed by atoms with Gasteiger partial charge in [0.05, 0.1) is 13.5 Å². The minimum Gasteiger partial charge on any atom is -0.497 e. The predicted octanol–water partition coefficient (Wildman–Crippen LogP) is 3.10. The highest BCUT2D eigenvalue weighted by molar-refractivity contribution is 5.79. The highest BCUT2D eigenvalue weighted by Crippen LogP contribution is 2.29. The third-order valence-electron chi connectivity index (χ3n) is 5.68. The topological polar surface area (TPSA) is 32.8 Å². The molecular formula is C20H30N2O2. The number of rotatable bonds is 5. The van der Waals surface area contributed by atoms with Gasteiger partial charge < -0.3 is 9.64 Å². The number of methoxy groups -OCH3 is 1. The second-order valence-electron chi connectivity index (χ2n) is 7.20. The van der Waals surface area contributed by atoms with Gasteiger partial charge in [0.15, 0.2) is 0 Å². The monoisotopic (exact) mass is 330 g/mol. The quantitative estimate of drug-likeness (QED) is 0.832. The molecular weight excluding hydrogens is 300 g/mol. The van der Waals surface area contributed by atoms with Gasteiger partial charge in [-0.2, -0.15) is 0 Å². The van der Waals surface area contributed by atoms with Crippen molar-refractivity contribution >= 4 is 5.91 Å². The molecule has 1 heterocycles. The van der Waals surface area contributed by atoms with Crippen LogP contribution in [0.4, 0.5) is 0 Å². The fourth-order valence-electron chi connectivity index (χ4n) is 4.31. The summed E-state index contributed by atoms with van der Waals surface area (Å²) >= 11 is 0. The molecule has 2 atom stereocenters. The number of nitrogens with zero attached hydrogens (tertiary/aromatic N) is 2. The first-order valence-corrected chi connectivity index (χ1v) is 9.31. The largest absolute Gasteiger partial charge is 0.497 e. The average molecular weight is 330 g/mol. The summed E-state index contributed by atoms with van der Waals surface area (Å²) in [7, 11) is 3.66. The van der Waals surface area contributed by atoms with Crippen LogP contribution < -0.4 is 4.74 Å². The predicted molar refractivity (Wildman–Crippen MR) is 96.3 cm³/mol. The van der Waals surface area contributed by atoms with Crippen LogP contribution in [0, 0.1) is 0 Å². The number of carbonyl (C=O) groups excluding carboxylic acids is 1. The summed E-state index contributed by atoms with van der Waals surface area (Å²) in [5, 5.41) is 0. The first kappa shape index (κ1) is 17.3. The third kappa shape index (κ3) is 3.92. The Bertz CT molecular complexity index is 554. The molecule has 4 heteroatoms. The molecule has 0 unspecified atom stereocenters. The molecule has 0 bridgehead atoms. The fourth-order valence-corrected chi connectivity index (χ4v) is 4.31. The lowest BCUT2D eigenvalue weighted by Crippen LogP contribution is -2.53. The van der Waals surface area contributed by atoms with Gasteiger partial charge in [-0.25, -0.2) is 0 Å². The molecule has 1 saturated carbocycles. The molecule has 2 aliphatic rings. The summed E-state index contributed by atoms with van der Waals surface area (Å²) < 4.78 is 5.27. The molecule has 2 fully saturated rings. The maximum atomic E-state index is 12.8. The van der Waals surface area contributed by atoms with Crippen molar-refractivity contribution in [1.29, 1.82) is 0 Å². The number of ether oxygens (including phenoxy) is 1. The minimum absolute atomic E-state index is 0.222. The molecule has 1 aliphatic heterocycles. The van der Waals surface area contributed by atoms with E-state index in [9.17, 15) is 4.79 Å². The smallest absolute Gasteiger partial charge is 0.227 e. The number of likely N-dealkylation sites (N-methyl/N-ethyl adjacent to an activating group) is 1. The first-order valence-electron chi connectivity index (χ1n) is 9.31. The van der Waals surface area contributed by atoms with Gasteiger partial charge in [0.25, 0.3) is 0 Å². The second-order valence-corrected chi connectivity index (χ2v) is 7.20. The molecule has 1 aromatic rings. The Morgan fingerprint density at radius 3 is 2.71 bits per heavy atom. The van der Waals surface area contributed by atoms with Gasteiger partial charge >= 0.3 is 0 Å². The van der Waals surface area contributed by atoms with Gasteiger partial charge in [0, 0.05) is 19.1 Å². The molecule has 1 saturated heterocycles. The highest BCUT2D eigenvalue weighted by Gasteiger charge is 2.35. The third-order valence-corrected chi connectivity index (χ3v) is 5.68. The molecule has 0 N–H and O–H groups in total. The van der Waals surface area contributed by atoms with Crippen LogP contribution in [0.15, 0.2) is 24.3 Å². The molecule has 3 rings (SSSR count). The lowest BCUT2D eigenvalue weighted by atomic mass is 9.88. The summed E-state index contributed by atoms with van der Waals surface area (Å²) in [6, 6.07) is 8.77. The van der Waals surface area contributed by atoms with Crippen LogP contribution in [0.5, 0.6) is 5.75 Å². The standard InChI is InChI=1S/C20H30N2O2/c1-21(20(23)15-16-8-7-9-17(14-16)24-2)18-10-3-4-11-19(18)22-12-5-6-13-22/h7-9,14,18-19H,3-6,10-13,15H2,1-2H3/t18-,19+/m1/s1. The maximum absolute atomic E-state index is 12.8. The van der Waals surface area contributed by atoms with E-state index in [-0.39, 0.29) is 5.91 Å². The summed E-state index contributed by atoms with van der Waals surface area (Å²) in [4.78, 5) is 17.5. The summed E-state index contributed by atoms with van der Waals surface area (Å²) in [6.07, 6.45) is 8.00. The van der Waals surface area contributed by atoms with Crippen molar-refractivity contribution in [2.45, 2.75) is 57.0 Å². The zero-order valence-electron chi connectivity index (χ0n) is 15.0. The van der Waals surface area contributed by atoms with Crippen LogP contribution in [0.1, 0.15) is 44.1 Å². The van der Waals surface area contributed by atoms with Gasteiger partial charge in [-0.1, -0.05) is 25.0 Å². The maximum Gasteiger partial charge on any atom is 0.227 e. The number of likely N-dealkylation sites (tertiary alicyclic amines) is 1. The summed E-state index contributed by atoms with van der Waals surface area (Å²) in [6.45, 7) is 2.41. The number of carbonyl (C=O) groups is 1. The van der Waals surface area contributed by atoms with E-state index in [4.69, 9.17) is 4.74 Å². The van der Waals surface area contributed by atoms with E-state index in [1.165, 1.54) is 45.2 Å². The molecule has 0 radical (unpaired) electrons. The lowest BCUT2D eigenvalue weighted by molar-refractivity contribution is -0.133. The minimum atomic E-state index is 0.222. The van der Waals surface area contributed by atoms with Gasteiger partial charge in [0.1, 0.15) is 5.75 Å². The molecule has 0 spiro atoms. The van der Waals surface area contributed by atoms with E-state index in [1.807, 2.05) is 36.2 Å². The van der Waals surface area contributed by atoms with Crippen LogP contribution in [0.25, 0.3) is 0 Å². The summed E-state index contributed by atoms with van der Waals surface area (Å²) in [5.41, 5.74) is 1.03. The molecule has 1 aliphatic carbocycles. The van der Waals surface area contributed by atoms with Crippen molar-refractivity contribution in [3.63, 3.8) is 0 Å². The molecule has 4 nitrogen and oxygen atoms in total. The highest BCUT2D eigenvalue weighted by atomic mass is 16.5. The number of hydrogen-bond acceptors (Lipinski definition) is 3. The number of amides is 1. The van der Waals surface area contributed by atoms with Gasteiger partial charge in [-0.3, -0.25) is 9.69 Å². The average Bonchev–Trinajstić information content (AvgIpc) is 3.15. The normalized spacial score (nSPS) is 24.8. The lowest BCUT2D eigenvalue weighted by Gasteiger charge is -2.42. The van der Waals surface area contributed by atoms with Crippen molar-refractivity contribution in [3.05, 3.63) is 29.8 Å². The van der Waals surface area contributed by atoms with Gasteiger partial charge in [-0.15, -0.1) is 0 Å². The molecule has 1 amide bonds. The van der Waals surface area contributed by atoms with Crippen LogP contribution in [-0.4, -0.2) is 55.0 Å². The Morgan fingerprint density at radius 1 is 1.21 bits per heavy atom. The first-order chi connectivity index (χ1) is 11.7. The van der Waals surface area contributed by atoms with Crippen LogP contribution in [0.3, 0.4) is 0 Å². The molecule has 24 heavy (non-hydrogen) atoms.